The number of hydrogen-bond donors (Lipinski definition) is 1. The van der Waals surface area contributed by atoms with Gasteiger partial charge in [-0.1, -0.05) is 24.3 Å². The summed E-state index contributed by atoms with van der Waals surface area (Å²) in [7, 11) is 0. The average molecular weight is 260 g/mol. The first-order valence-electron chi connectivity index (χ1n) is 6.70. The van der Waals surface area contributed by atoms with Gasteiger partial charge in [0.15, 0.2) is 0 Å². The molecule has 1 aromatic carbocycles. The molecule has 0 spiro atoms. The Bertz CT molecular complexity index is 499. The van der Waals surface area contributed by atoms with Crippen molar-refractivity contribution in [2.45, 2.75) is 39.3 Å². The lowest BCUT2D eigenvalue weighted by atomic mass is 10.0. The lowest BCUT2D eigenvalue weighted by Gasteiger charge is -2.20. The second-order valence-electron chi connectivity index (χ2n) is 4.98. The fourth-order valence-electron chi connectivity index (χ4n) is 2.61. The van der Waals surface area contributed by atoms with Crippen LogP contribution in [0.25, 0.3) is 0 Å². The first kappa shape index (κ1) is 13.7. The van der Waals surface area contributed by atoms with Crippen LogP contribution >= 0.6 is 0 Å². The van der Waals surface area contributed by atoms with Crippen LogP contribution in [0.2, 0.25) is 0 Å². The fourth-order valence-corrected chi connectivity index (χ4v) is 2.61. The minimum atomic E-state index is -0.387. The molecule has 1 saturated heterocycles. The van der Waals surface area contributed by atoms with E-state index in [0.717, 1.165) is 5.56 Å². The third-order valence-electron chi connectivity index (χ3n) is 3.67. The maximum Gasteiger partial charge on any atom is 0.246 e. The smallest absolute Gasteiger partial charge is 0.246 e. The molecule has 0 bridgehead atoms. The number of likely N-dealkylation sites (N-methyl/N-ethyl adjacent to an activating group) is 1. The molecule has 1 heterocycles. The van der Waals surface area contributed by atoms with Gasteiger partial charge in [0.05, 0.1) is 12.5 Å². The van der Waals surface area contributed by atoms with Crippen molar-refractivity contribution in [3.63, 3.8) is 0 Å². The summed E-state index contributed by atoms with van der Waals surface area (Å²) in [6.45, 7) is 6.35. The van der Waals surface area contributed by atoms with Crippen LogP contribution < -0.4 is 5.32 Å². The number of rotatable bonds is 4. The van der Waals surface area contributed by atoms with Crippen molar-refractivity contribution >= 4 is 11.8 Å². The number of nitrogens with one attached hydrogen (secondary N) is 1. The molecular weight excluding hydrogens is 240 g/mol. The molecule has 4 nitrogen and oxygen atoms in total. The van der Waals surface area contributed by atoms with Crippen LogP contribution in [-0.4, -0.2) is 29.3 Å². The third kappa shape index (κ3) is 2.68. The van der Waals surface area contributed by atoms with Crippen LogP contribution in [0, 0.1) is 6.92 Å². The number of aryl methyl sites for hydroxylation is 1. The van der Waals surface area contributed by atoms with Gasteiger partial charge in [-0.2, -0.15) is 0 Å². The summed E-state index contributed by atoms with van der Waals surface area (Å²) >= 11 is 0. The van der Waals surface area contributed by atoms with Crippen molar-refractivity contribution in [1.29, 1.82) is 0 Å². The van der Waals surface area contributed by atoms with E-state index in [0.29, 0.717) is 6.54 Å². The summed E-state index contributed by atoms with van der Waals surface area (Å²) < 4.78 is 0. The zero-order chi connectivity index (χ0) is 14.0. The van der Waals surface area contributed by atoms with Gasteiger partial charge in [0.25, 0.3) is 0 Å². The molecule has 0 aliphatic carbocycles. The van der Waals surface area contributed by atoms with Gasteiger partial charge in [0, 0.05) is 12.6 Å². The van der Waals surface area contributed by atoms with Gasteiger partial charge in [-0.3, -0.25) is 19.8 Å². The summed E-state index contributed by atoms with van der Waals surface area (Å²) in [6.07, 6.45) is 0.267. The summed E-state index contributed by atoms with van der Waals surface area (Å²) in [5, 5.41) is 3.27. The summed E-state index contributed by atoms with van der Waals surface area (Å²) in [5.41, 5.74) is 2.35. The maximum absolute atomic E-state index is 12.0. The van der Waals surface area contributed by atoms with Gasteiger partial charge in [0.2, 0.25) is 11.8 Å². The summed E-state index contributed by atoms with van der Waals surface area (Å²) in [4.78, 5) is 25.0. The minimum Gasteiger partial charge on any atom is -0.299 e. The quantitative estimate of drug-likeness (QED) is 0.840. The molecule has 2 atom stereocenters. The maximum atomic E-state index is 12.0. The van der Waals surface area contributed by atoms with E-state index in [1.807, 2.05) is 45.0 Å². The molecule has 1 aliphatic heterocycles. The van der Waals surface area contributed by atoms with E-state index in [4.69, 9.17) is 0 Å². The zero-order valence-electron chi connectivity index (χ0n) is 11.6. The van der Waals surface area contributed by atoms with Crippen molar-refractivity contribution in [2.75, 3.05) is 6.54 Å². The minimum absolute atomic E-state index is 0.0553. The topological polar surface area (TPSA) is 49.4 Å². The Labute approximate surface area is 113 Å². The van der Waals surface area contributed by atoms with Crippen LogP contribution in [0.4, 0.5) is 0 Å². The molecule has 2 amide bonds. The van der Waals surface area contributed by atoms with E-state index < -0.39 is 0 Å². The van der Waals surface area contributed by atoms with Crippen LogP contribution in [0.5, 0.6) is 0 Å². The molecule has 1 fully saturated rings. The normalized spacial score (nSPS) is 21.0. The van der Waals surface area contributed by atoms with Crippen LogP contribution in [-0.2, 0) is 9.59 Å². The van der Waals surface area contributed by atoms with Crippen molar-refractivity contribution < 1.29 is 9.59 Å². The Morgan fingerprint density at radius 2 is 2.05 bits per heavy atom. The third-order valence-corrected chi connectivity index (χ3v) is 3.67. The largest absolute Gasteiger partial charge is 0.299 e. The Morgan fingerprint density at radius 3 is 2.63 bits per heavy atom. The molecule has 2 rings (SSSR count). The molecule has 19 heavy (non-hydrogen) atoms. The lowest BCUT2D eigenvalue weighted by molar-refractivity contribution is -0.138. The highest BCUT2D eigenvalue weighted by Gasteiger charge is 2.38. The monoisotopic (exact) mass is 260 g/mol. The molecule has 0 radical (unpaired) electrons. The lowest BCUT2D eigenvalue weighted by Crippen LogP contribution is -2.39. The van der Waals surface area contributed by atoms with E-state index in [1.54, 1.807) is 0 Å². The number of carbonyl (C=O) groups is 2. The number of hydrogen-bond acceptors (Lipinski definition) is 3. The molecule has 102 valence electrons. The molecule has 0 aromatic heterocycles. The first-order valence-corrected chi connectivity index (χ1v) is 6.70. The molecule has 2 unspecified atom stereocenters. The second kappa shape index (κ2) is 5.53. The van der Waals surface area contributed by atoms with Gasteiger partial charge in [-0.15, -0.1) is 0 Å². The highest BCUT2D eigenvalue weighted by molar-refractivity contribution is 6.05. The molecule has 1 aliphatic rings. The number of nitrogens with zero attached hydrogens (tertiary/aromatic N) is 1. The highest BCUT2D eigenvalue weighted by Crippen LogP contribution is 2.20. The van der Waals surface area contributed by atoms with Crippen LogP contribution in [0.3, 0.4) is 0 Å². The van der Waals surface area contributed by atoms with Gasteiger partial charge in [-0.25, -0.2) is 0 Å². The SMILES string of the molecule is CCN1C(=O)CC(NC(C)c2ccccc2C)C1=O. The number of carbonyl (C=O) groups excluding carboxylic acids is 2. The van der Waals surface area contributed by atoms with Crippen molar-refractivity contribution in [1.82, 2.24) is 10.2 Å². The second-order valence-corrected chi connectivity index (χ2v) is 4.98. The Hall–Kier alpha value is -1.68. The Kier molecular flexibility index (Phi) is 4.00. The van der Waals surface area contributed by atoms with Gasteiger partial charge >= 0.3 is 0 Å². The average Bonchev–Trinajstić information content (AvgIpc) is 2.64. The van der Waals surface area contributed by atoms with E-state index >= 15 is 0 Å². The fraction of sp³-hybridized carbons (Fsp3) is 0.467. The summed E-state index contributed by atoms with van der Waals surface area (Å²) in [6, 6.07) is 7.75. The van der Waals surface area contributed by atoms with Gasteiger partial charge in [0.1, 0.15) is 0 Å². The Morgan fingerprint density at radius 1 is 1.37 bits per heavy atom. The van der Waals surface area contributed by atoms with Crippen molar-refractivity contribution in [3.05, 3.63) is 35.4 Å². The van der Waals surface area contributed by atoms with E-state index in [1.165, 1.54) is 10.5 Å². The van der Waals surface area contributed by atoms with Gasteiger partial charge in [-0.05, 0) is 31.9 Å². The number of imide groups is 1. The molecule has 4 heteroatoms. The van der Waals surface area contributed by atoms with Crippen LogP contribution in [0.1, 0.15) is 37.4 Å². The predicted molar refractivity (Wildman–Crippen MR) is 73.5 cm³/mol. The predicted octanol–water partition coefficient (Wildman–Crippen LogP) is 1.79. The van der Waals surface area contributed by atoms with Crippen molar-refractivity contribution in [3.8, 4) is 0 Å². The number of likely N-dealkylation sites (tertiary alicyclic amines) is 1. The Balaban J connectivity index is 2.08. The molecular formula is C15H20N2O2. The van der Waals surface area contributed by atoms with E-state index in [2.05, 4.69) is 5.32 Å². The van der Waals surface area contributed by atoms with Gasteiger partial charge < -0.3 is 0 Å². The summed E-state index contributed by atoms with van der Waals surface area (Å²) in [5.74, 6) is -0.185. The highest BCUT2D eigenvalue weighted by atomic mass is 16.2. The van der Waals surface area contributed by atoms with E-state index in [9.17, 15) is 9.59 Å². The van der Waals surface area contributed by atoms with Crippen molar-refractivity contribution in [2.24, 2.45) is 0 Å². The van der Waals surface area contributed by atoms with E-state index in [-0.39, 0.29) is 30.3 Å². The van der Waals surface area contributed by atoms with Crippen LogP contribution in [0.15, 0.2) is 24.3 Å². The first-order chi connectivity index (χ1) is 9.04. The number of amides is 2. The molecule has 1 aromatic rings. The standard InChI is InChI=1S/C15H20N2O2/c1-4-17-14(18)9-13(15(17)19)16-11(3)12-8-6-5-7-10(12)2/h5-8,11,13,16H,4,9H2,1-3H3. The zero-order valence-corrected chi connectivity index (χ0v) is 11.6. The molecule has 1 N–H and O–H groups in total. The number of benzene rings is 1. The molecule has 0 saturated carbocycles.